The second-order valence-electron chi connectivity index (χ2n) is 6.54. The van der Waals surface area contributed by atoms with Crippen molar-refractivity contribution in [3.8, 4) is 0 Å². The zero-order valence-electron chi connectivity index (χ0n) is 12.8. The van der Waals surface area contributed by atoms with E-state index < -0.39 is 5.97 Å². The number of hydrogen-bond acceptors (Lipinski definition) is 2. The fraction of sp³-hybridized carbons (Fsp3) is 0.556. The minimum Gasteiger partial charge on any atom is -0.481 e. The molecule has 0 radical (unpaired) electrons. The van der Waals surface area contributed by atoms with Crippen LogP contribution in [0.25, 0.3) is 0 Å². The second kappa shape index (κ2) is 6.51. The number of amides is 1. The maximum atomic E-state index is 12.5. The molecular formula is C18H23NO3. The molecule has 3 rings (SSSR count). The van der Waals surface area contributed by atoms with Crippen LogP contribution in [0.2, 0.25) is 0 Å². The number of rotatable bonds is 3. The second-order valence-corrected chi connectivity index (χ2v) is 6.54. The summed E-state index contributed by atoms with van der Waals surface area (Å²) in [5.74, 6) is -0.908. The number of carbonyl (C=O) groups is 2. The summed E-state index contributed by atoms with van der Waals surface area (Å²) in [6.45, 7) is 0. The number of nitrogens with one attached hydrogen (secondary N) is 1. The molecule has 118 valence electrons. The number of aryl methyl sites for hydroxylation is 1. The van der Waals surface area contributed by atoms with Crippen molar-refractivity contribution in [3.63, 3.8) is 0 Å². The fourth-order valence-corrected chi connectivity index (χ4v) is 3.80. The van der Waals surface area contributed by atoms with E-state index in [2.05, 4.69) is 23.5 Å². The molecule has 2 aliphatic carbocycles. The molecule has 1 aromatic carbocycles. The Labute approximate surface area is 130 Å². The zero-order valence-corrected chi connectivity index (χ0v) is 12.8. The molecule has 0 aliphatic heterocycles. The van der Waals surface area contributed by atoms with Crippen LogP contribution in [0.15, 0.2) is 24.3 Å². The van der Waals surface area contributed by atoms with E-state index in [1.807, 2.05) is 6.07 Å². The number of benzene rings is 1. The van der Waals surface area contributed by atoms with Crippen molar-refractivity contribution >= 4 is 11.9 Å². The molecule has 1 fully saturated rings. The molecule has 0 spiro atoms. The van der Waals surface area contributed by atoms with Gasteiger partial charge in [-0.05, 0) is 56.1 Å². The molecule has 2 aliphatic rings. The zero-order chi connectivity index (χ0) is 15.5. The molecular weight excluding hydrogens is 278 g/mol. The number of carboxylic acid groups (broad SMARTS) is 1. The molecule has 4 heteroatoms. The largest absolute Gasteiger partial charge is 0.481 e. The highest BCUT2D eigenvalue weighted by atomic mass is 16.4. The third-order valence-corrected chi connectivity index (χ3v) is 5.13. The molecule has 0 aromatic heterocycles. The topological polar surface area (TPSA) is 66.4 Å². The van der Waals surface area contributed by atoms with Crippen molar-refractivity contribution in [2.45, 2.75) is 51.0 Å². The van der Waals surface area contributed by atoms with Gasteiger partial charge in [0, 0.05) is 5.92 Å². The van der Waals surface area contributed by atoms with Gasteiger partial charge in [-0.2, -0.15) is 0 Å². The van der Waals surface area contributed by atoms with Gasteiger partial charge in [-0.15, -0.1) is 0 Å². The minimum atomic E-state index is -0.722. The van der Waals surface area contributed by atoms with Gasteiger partial charge in [-0.1, -0.05) is 24.3 Å². The Morgan fingerprint density at radius 1 is 1.00 bits per heavy atom. The van der Waals surface area contributed by atoms with Crippen molar-refractivity contribution in [1.82, 2.24) is 5.32 Å². The van der Waals surface area contributed by atoms with Crippen molar-refractivity contribution in [1.29, 1.82) is 0 Å². The lowest BCUT2D eigenvalue weighted by atomic mass is 9.81. The van der Waals surface area contributed by atoms with Crippen LogP contribution in [0, 0.1) is 11.8 Å². The van der Waals surface area contributed by atoms with Crippen molar-refractivity contribution in [2.75, 3.05) is 0 Å². The first-order chi connectivity index (χ1) is 10.6. The van der Waals surface area contributed by atoms with E-state index in [0.29, 0.717) is 25.7 Å². The monoisotopic (exact) mass is 301 g/mol. The van der Waals surface area contributed by atoms with Gasteiger partial charge in [-0.25, -0.2) is 0 Å². The van der Waals surface area contributed by atoms with Crippen LogP contribution >= 0.6 is 0 Å². The van der Waals surface area contributed by atoms with E-state index in [1.165, 1.54) is 11.1 Å². The van der Waals surface area contributed by atoms with Gasteiger partial charge in [-0.3, -0.25) is 9.59 Å². The summed E-state index contributed by atoms with van der Waals surface area (Å²) < 4.78 is 0. The van der Waals surface area contributed by atoms with Crippen LogP contribution in [0.1, 0.15) is 55.7 Å². The predicted octanol–water partition coefficient (Wildman–Crippen LogP) is 3.07. The van der Waals surface area contributed by atoms with Gasteiger partial charge in [0.1, 0.15) is 0 Å². The third kappa shape index (κ3) is 3.16. The lowest BCUT2D eigenvalue weighted by Gasteiger charge is -2.30. The molecule has 1 amide bonds. The highest BCUT2D eigenvalue weighted by Gasteiger charge is 2.31. The molecule has 1 atom stereocenters. The molecule has 22 heavy (non-hydrogen) atoms. The molecule has 0 saturated heterocycles. The van der Waals surface area contributed by atoms with Gasteiger partial charge in [0.25, 0.3) is 0 Å². The maximum absolute atomic E-state index is 12.5. The summed E-state index contributed by atoms with van der Waals surface area (Å²) in [5.41, 5.74) is 2.59. The van der Waals surface area contributed by atoms with Crippen molar-refractivity contribution in [3.05, 3.63) is 35.4 Å². The van der Waals surface area contributed by atoms with Gasteiger partial charge in [0.05, 0.1) is 12.0 Å². The molecule has 2 N–H and O–H groups in total. The number of hydrogen-bond donors (Lipinski definition) is 2. The Balaban J connectivity index is 1.60. The van der Waals surface area contributed by atoms with Crippen LogP contribution in [-0.4, -0.2) is 17.0 Å². The fourth-order valence-electron chi connectivity index (χ4n) is 3.80. The Bertz CT molecular complexity index is 561. The van der Waals surface area contributed by atoms with Gasteiger partial charge in [0.15, 0.2) is 0 Å². The van der Waals surface area contributed by atoms with E-state index in [1.54, 1.807) is 0 Å². The number of fused-ring (bicyclic) bond motifs is 1. The van der Waals surface area contributed by atoms with Crippen molar-refractivity contribution < 1.29 is 14.7 Å². The van der Waals surface area contributed by atoms with Crippen molar-refractivity contribution in [2.24, 2.45) is 11.8 Å². The Hall–Kier alpha value is -1.84. The van der Waals surface area contributed by atoms with Crippen LogP contribution in [0.5, 0.6) is 0 Å². The summed E-state index contributed by atoms with van der Waals surface area (Å²) in [6, 6.07) is 8.46. The van der Waals surface area contributed by atoms with Crippen LogP contribution in [0.3, 0.4) is 0 Å². The third-order valence-electron chi connectivity index (χ3n) is 5.13. The Morgan fingerprint density at radius 2 is 1.68 bits per heavy atom. The van der Waals surface area contributed by atoms with Crippen LogP contribution in [0.4, 0.5) is 0 Å². The van der Waals surface area contributed by atoms with E-state index in [-0.39, 0.29) is 23.8 Å². The molecule has 1 saturated carbocycles. The van der Waals surface area contributed by atoms with Crippen LogP contribution < -0.4 is 5.32 Å². The first kappa shape index (κ1) is 15.1. The quantitative estimate of drug-likeness (QED) is 0.901. The molecule has 1 aromatic rings. The summed E-state index contributed by atoms with van der Waals surface area (Å²) in [6.07, 6.45) is 5.81. The lowest BCUT2D eigenvalue weighted by molar-refractivity contribution is -0.144. The molecule has 0 bridgehead atoms. The first-order valence-electron chi connectivity index (χ1n) is 8.26. The maximum Gasteiger partial charge on any atom is 0.306 e. The van der Waals surface area contributed by atoms with E-state index in [9.17, 15) is 9.59 Å². The normalized spacial score (nSPS) is 27.7. The molecule has 4 nitrogen and oxygen atoms in total. The average Bonchev–Trinajstić information content (AvgIpc) is 2.55. The SMILES string of the molecule is O=C(O)C1CCC(C(=O)NC2CCCc3ccccc32)CC1. The highest BCUT2D eigenvalue weighted by molar-refractivity contribution is 5.80. The summed E-state index contributed by atoms with van der Waals surface area (Å²) in [7, 11) is 0. The van der Waals surface area contributed by atoms with Gasteiger partial charge < -0.3 is 10.4 Å². The molecule has 1 unspecified atom stereocenters. The van der Waals surface area contributed by atoms with Crippen LogP contribution in [-0.2, 0) is 16.0 Å². The number of carbonyl (C=O) groups excluding carboxylic acids is 1. The van der Waals surface area contributed by atoms with Gasteiger partial charge in [0.2, 0.25) is 5.91 Å². The molecule has 0 heterocycles. The Morgan fingerprint density at radius 3 is 2.41 bits per heavy atom. The summed E-state index contributed by atoms with van der Waals surface area (Å²) in [4.78, 5) is 23.5. The Kier molecular flexibility index (Phi) is 4.46. The number of aliphatic carboxylic acids is 1. The number of carboxylic acids is 1. The minimum absolute atomic E-state index is 0.0234. The van der Waals surface area contributed by atoms with E-state index in [4.69, 9.17) is 5.11 Å². The predicted molar refractivity (Wildman–Crippen MR) is 83.3 cm³/mol. The average molecular weight is 301 g/mol. The summed E-state index contributed by atoms with van der Waals surface area (Å²) >= 11 is 0. The van der Waals surface area contributed by atoms with E-state index in [0.717, 1.165) is 19.3 Å². The van der Waals surface area contributed by atoms with Gasteiger partial charge >= 0.3 is 5.97 Å². The summed E-state index contributed by atoms with van der Waals surface area (Å²) in [5, 5.41) is 12.2. The van der Waals surface area contributed by atoms with E-state index >= 15 is 0 Å². The standard InChI is InChI=1S/C18H23NO3/c20-17(13-8-10-14(11-9-13)18(21)22)19-16-7-3-5-12-4-1-2-6-15(12)16/h1-2,4,6,13-14,16H,3,5,7-11H2,(H,19,20)(H,21,22). The smallest absolute Gasteiger partial charge is 0.306 e. The first-order valence-corrected chi connectivity index (χ1v) is 8.26. The lowest BCUT2D eigenvalue weighted by Crippen LogP contribution is -2.37. The highest BCUT2D eigenvalue weighted by Crippen LogP contribution is 2.32.